The molecule has 0 amide bonds. The van der Waals surface area contributed by atoms with Crippen molar-refractivity contribution in [2.24, 2.45) is 5.92 Å². The number of likely N-dealkylation sites (tertiary alicyclic amines) is 1. The maximum absolute atomic E-state index is 11.8. The van der Waals surface area contributed by atoms with Gasteiger partial charge in [0.15, 0.2) is 0 Å². The number of benzene rings is 1. The molecule has 1 atom stereocenters. The molecule has 0 spiro atoms. The molecule has 0 saturated carbocycles. The maximum atomic E-state index is 11.8. The molecule has 1 aromatic carbocycles. The summed E-state index contributed by atoms with van der Waals surface area (Å²) in [5, 5.41) is 0. The molecule has 0 bridgehead atoms. The number of esters is 1. The van der Waals surface area contributed by atoms with Crippen LogP contribution in [0.2, 0.25) is 0 Å². The van der Waals surface area contributed by atoms with E-state index in [2.05, 4.69) is 27.8 Å². The molecule has 2 rings (SSSR count). The van der Waals surface area contributed by atoms with E-state index < -0.39 is 0 Å². The summed E-state index contributed by atoms with van der Waals surface area (Å²) in [5.41, 5.74) is 1.16. The topological polar surface area (TPSA) is 38.8 Å². The lowest BCUT2D eigenvalue weighted by molar-refractivity contribution is -0.149. The fourth-order valence-electron chi connectivity index (χ4n) is 3.34. The summed E-state index contributed by atoms with van der Waals surface area (Å²) in [6.45, 7) is 9.06. The molecule has 4 nitrogen and oxygen atoms in total. The average Bonchev–Trinajstić information content (AvgIpc) is 2.62. The molecule has 0 unspecified atom stereocenters. The number of rotatable bonds is 8. The highest BCUT2D eigenvalue weighted by atomic mass is 79.9. The van der Waals surface area contributed by atoms with Gasteiger partial charge in [0.05, 0.1) is 13.2 Å². The number of carbonyl (C=O) groups excluding carboxylic acids is 1. The fraction of sp³-hybridized carbons (Fsp3) is 0.650. The van der Waals surface area contributed by atoms with Crippen molar-refractivity contribution in [3.63, 3.8) is 0 Å². The van der Waals surface area contributed by atoms with Crippen LogP contribution in [0.4, 0.5) is 0 Å². The first-order valence-electron chi connectivity index (χ1n) is 9.31. The summed E-state index contributed by atoms with van der Waals surface area (Å²) < 4.78 is 12.1. The average molecular weight is 412 g/mol. The predicted molar refractivity (Wildman–Crippen MR) is 104 cm³/mol. The Hall–Kier alpha value is -1.07. The molecule has 1 heterocycles. The third kappa shape index (κ3) is 6.00. The van der Waals surface area contributed by atoms with Crippen molar-refractivity contribution < 1.29 is 14.3 Å². The number of halogens is 1. The van der Waals surface area contributed by atoms with E-state index in [0.29, 0.717) is 6.61 Å². The molecule has 0 N–H and O–H groups in total. The first kappa shape index (κ1) is 20.2. The Morgan fingerprint density at radius 1 is 1.36 bits per heavy atom. The van der Waals surface area contributed by atoms with E-state index in [-0.39, 0.29) is 12.0 Å². The van der Waals surface area contributed by atoms with Gasteiger partial charge in [-0.15, -0.1) is 0 Å². The molecule has 140 valence electrons. The highest BCUT2D eigenvalue weighted by Gasteiger charge is 2.27. The van der Waals surface area contributed by atoms with Crippen LogP contribution >= 0.6 is 15.9 Å². The van der Waals surface area contributed by atoms with Crippen molar-refractivity contribution in [1.82, 2.24) is 4.90 Å². The number of hydrogen-bond donors (Lipinski definition) is 0. The second-order valence-electron chi connectivity index (χ2n) is 6.76. The Labute approximate surface area is 160 Å². The van der Waals surface area contributed by atoms with E-state index in [1.165, 1.54) is 6.42 Å². The lowest BCUT2D eigenvalue weighted by atomic mass is 9.91. The first-order valence-corrected chi connectivity index (χ1v) is 10.1. The van der Waals surface area contributed by atoms with Gasteiger partial charge >= 0.3 is 5.97 Å². The zero-order valence-corrected chi connectivity index (χ0v) is 17.2. The van der Waals surface area contributed by atoms with Gasteiger partial charge in [-0.3, -0.25) is 9.69 Å². The molecule has 0 aliphatic carbocycles. The van der Waals surface area contributed by atoms with Gasteiger partial charge in [0, 0.05) is 10.0 Å². The molecule has 1 saturated heterocycles. The van der Waals surface area contributed by atoms with Crippen LogP contribution in [-0.4, -0.2) is 43.2 Å². The van der Waals surface area contributed by atoms with Crippen LogP contribution in [0.5, 0.6) is 5.75 Å². The number of carbonyl (C=O) groups is 1. The lowest BCUT2D eigenvalue weighted by Gasteiger charge is -2.34. The normalized spacial score (nSPS) is 17.3. The van der Waals surface area contributed by atoms with Crippen molar-refractivity contribution in [3.05, 3.63) is 28.2 Å². The second-order valence-corrected chi connectivity index (χ2v) is 7.62. The van der Waals surface area contributed by atoms with E-state index in [0.717, 1.165) is 60.7 Å². The summed E-state index contributed by atoms with van der Waals surface area (Å²) in [4.78, 5) is 14.1. The maximum Gasteiger partial charge on any atom is 0.323 e. The van der Waals surface area contributed by atoms with Crippen LogP contribution in [-0.2, 0) is 9.53 Å². The minimum absolute atomic E-state index is 0.0984. The van der Waals surface area contributed by atoms with Crippen LogP contribution in [0.25, 0.3) is 0 Å². The molecule has 1 aliphatic heterocycles. The Balaban J connectivity index is 1.65. The first-order chi connectivity index (χ1) is 12.0. The summed E-state index contributed by atoms with van der Waals surface area (Å²) in [6.07, 6.45) is 4.57. The summed E-state index contributed by atoms with van der Waals surface area (Å²) in [7, 11) is 0. The van der Waals surface area contributed by atoms with E-state index in [9.17, 15) is 4.79 Å². The van der Waals surface area contributed by atoms with Crippen LogP contribution < -0.4 is 4.74 Å². The highest BCUT2D eigenvalue weighted by Crippen LogP contribution is 2.27. The molecule has 1 fully saturated rings. The number of piperidine rings is 1. The van der Waals surface area contributed by atoms with Crippen LogP contribution in [0.15, 0.2) is 22.7 Å². The van der Waals surface area contributed by atoms with Gasteiger partial charge in [0.1, 0.15) is 11.8 Å². The molecule has 1 aromatic rings. The van der Waals surface area contributed by atoms with Gasteiger partial charge in [0.25, 0.3) is 0 Å². The third-order valence-electron chi connectivity index (χ3n) is 5.06. The molecule has 5 heteroatoms. The summed E-state index contributed by atoms with van der Waals surface area (Å²) >= 11 is 3.54. The van der Waals surface area contributed by atoms with Gasteiger partial charge in [-0.2, -0.15) is 0 Å². The number of ether oxygens (including phenoxy) is 2. The predicted octanol–water partition coefficient (Wildman–Crippen LogP) is 4.58. The Morgan fingerprint density at radius 3 is 2.76 bits per heavy atom. The lowest BCUT2D eigenvalue weighted by Crippen LogP contribution is -2.44. The smallest absolute Gasteiger partial charge is 0.323 e. The van der Waals surface area contributed by atoms with Crippen molar-refractivity contribution in [3.8, 4) is 5.75 Å². The quantitative estimate of drug-likeness (QED) is 0.463. The van der Waals surface area contributed by atoms with E-state index >= 15 is 0 Å². The van der Waals surface area contributed by atoms with Crippen LogP contribution in [0.1, 0.15) is 45.1 Å². The Kier molecular flexibility index (Phi) is 8.24. The SMILES string of the molecule is CCOC(=O)[C@H](C)N1CCC(CCCOc2cccc(Br)c2C)CC1. The molecular weight excluding hydrogens is 382 g/mol. The van der Waals surface area contributed by atoms with Crippen molar-refractivity contribution in [2.75, 3.05) is 26.3 Å². The van der Waals surface area contributed by atoms with E-state index in [1.807, 2.05) is 32.0 Å². The standard InChI is InChI=1S/C20H30BrNO3/c1-4-24-20(23)16(3)22-12-10-17(11-13-22)7-6-14-25-19-9-5-8-18(21)15(19)2/h5,8-9,16-17H,4,6-7,10-14H2,1-3H3/t16-/m0/s1. The van der Waals surface area contributed by atoms with Crippen LogP contribution in [0, 0.1) is 12.8 Å². The number of hydrogen-bond acceptors (Lipinski definition) is 4. The molecular formula is C20H30BrNO3. The van der Waals surface area contributed by atoms with Gasteiger partial charge in [-0.25, -0.2) is 0 Å². The summed E-state index contributed by atoms with van der Waals surface area (Å²) in [5.74, 6) is 1.60. The molecule has 25 heavy (non-hydrogen) atoms. The third-order valence-corrected chi connectivity index (χ3v) is 5.92. The minimum atomic E-state index is -0.122. The molecule has 0 radical (unpaired) electrons. The van der Waals surface area contributed by atoms with Crippen LogP contribution in [0.3, 0.4) is 0 Å². The van der Waals surface area contributed by atoms with Gasteiger partial charge in [-0.1, -0.05) is 22.0 Å². The number of nitrogens with zero attached hydrogens (tertiary/aromatic N) is 1. The van der Waals surface area contributed by atoms with Gasteiger partial charge in [-0.05, 0) is 77.6 Å². The monoisotopic (exact) mass is 411 g/mol. The zero-order chi connectivity index (χ0) is 18.2. The largest absolute Gasteiger partial charge is 0.493 e. The van der Waals surface area contributed by atoms with E-state index in [4.69, 9.17) is 9.47 Å². The second kappa shape index (κ2) is 10.2. The Morgan fingerprint density at radius 2 is 2.08 bits per heavy atom. The molecule has 1 aliphatic rings. The van der Waals surface area contributed by atoms with Gasteiger partial charge in [0.2, 0.25) is 0 Å². The minimum Gasteiger partial charge on any atom is -0.493 e. The van der Waals surface area contributed by atoms with Gasteiger partial charge < -0.3 is 9.47 Å². The zero-order valence-electron chi connectivity index (χ0n) is 15.6. The Bertz CT molecular complexity index is 556. The van der Waals surface area contributed by atoms with Crippen molar-refractivity contribution >= 4 is 21.9 Å². The van der Waals surface area contributed by atoms with E-state index in [1.54, 1.807) is 0 Å². The highest BCUT2D eigenvalue weighted by molar-refractivity contribution is 9.10. The molecule has 0 aromatic heterocycles. The van der Waals surface area contributed by atoms with Crippen molar-refractivity contribution in [1.29, 1.82) is 0 Å². The summed E-state index contributed by atoms with van der Waals surface area (Å²) in [6, 6.07) is 5.94. The fourth-order valence-corrected chi connectivity index (χ4v) is 3.69. The van der Waals surface area contributed by atoms with Crippen molar-refractivity contribution in [2.45, 2.75) is 52.5 Å².